The van der Waals surface area contributed by atoms with Gasteiger partial charge in [-0.1, -0.05) is 67.8 Å². The van der Waals surface area contributed by atoms with Crippen molar-refractivity contribution in [3.05, 3.63) is 93.5 Å². The number of esters is 2. The first-order valence-electron chi connectivity index (χ1n) is 18.1. The Kier molecular flexibility index (Phi) is 22.5. The molecule has 0 radical (unpaired) electrons. The number of unbranched alkanes of at least 4 members (excludes halogenated alkanes) is 2. The number of rotatable bonds is 22. The Bertz CT molecular complexity index is 1500. The Labute approximate surface area is 317 Å². The Morgan fingerprint density at radius 2 is 1.75 bits per heavy atom. The summed E-state index contributed by atoms with van der Waals surface area (Å²) < 4.78 is 21.3. The number of hydrogen-bond acceptors (Lipinski definition) is 10. The van der Waals surface area contributed by atoms with E-state index in [0.29, 0.717) is 31.2 Å². The van der Waals surface area contributed by atoms with Crippen molar-refractivity contribution in [3.8, 4) is 17.2 Å². The molecule has 0 saturated heterocycles. The van der Waals surface area contributed by atoms with Crippen LogP contribution < -0.4 is 19.5 Å². The van der Waals surface area contributed by atoms with Gasteiger partial charge in [0.05, 0.1) is 26.9 Å². The van der Waals surface area contributed by atoms with E-state index in [1.165, 1.54) is 51.0 Å². The van der Waals surface area contributed by atoms with Crippen molar-refractivity contribution in [2.75, 3.05) is 26.9 Å². The second-order valence-electron chi connectivity index (χ2n) is 12.2. The molecule has 3 rings (SSSR count). The third-order valence-electron chi connectivity index (χ3n) is 7.86. The third kappa shape index (κ3) is 20.7. The van der Waals surface area contributed by atoms with Crippen molar-refractivity contribution in [1.82, 2.24) is 5.32 Å². The van der Waals surface area contributed by atoms with Gasteiger partial charge in [0, 0.05) is 17.5 Å². The number of hydrogen-bond donors (Lipinski definition) is 1. The number of carbonyl (C=O) groups excluding carboxylic acids is 3. The molecule has 1 saturated carbocycles. The maximum absolute atomic E-state index is 12.4. The number of allylic oxidation sites excluding steroid dienone is 3. The van der Waals surface area contributed by atoms with Gasteiger partial charge >= 0.3 is 11.9 Å². The lowest BCUT2D eigenvalue weighted by atomic mass is 10.1. The van der Waals surface area contributed by atoms with Gasteiger partial charge in [0.1, 0.15) is 11.8 Å². The zero-order chi connectivity index (χ0) is 38.7. The van der Waals surface area contributed by atoms with Crippen molar-refractivity contribution in [2.45, 2.75) is 90.5 Å². The van der Waals surface area contributed by atoms with E-state index in [2.05, 4.69) is 22.3 Å². The largest absolute Gasteiger partial charge is 0.493 e. The molecule has 13 heteroatoms. The average Bonchev–Trinajstić information content (AvgIpc) is 3.66. The molecule has 1 fully saturated rings. The van der Waals surface area contributed by atoms with E-state index < -0.39 is 23.1 Å². The maximum atomic E-state index is 12.4. The first kappa shape index (κ1) is 44.3. The molecular weight excluding hydrogens is 704 g/mol. The molecular formula is C40H53ClN2O10. The predicted molar refractivity (Wildman–Crippen MR) is 204 cm³/mol. The highest BCUT2D eigenvalue weighted by atomic mass is 35.5. The number of benzene rings is 2. The summed E-state index contributed by atoms with van der Waals surface area (Å²) in [5.74, 6) is 0.672. The summed E-state index contributed by atoms with van der Waals surface area (Å²) >= 11 is 5.88. The normalized spacial score (nSPS) is 13.4. The molecule has 1 unspecified atom stereocenters. The first-order valence-corrected chi connectivity index (χ1v) is 18.5. The molecule has 1 aliphatic carbocycles. The van der Waals surface area contributed by atoms with Gasteiger partial charge in [-0.25, -0.2) is 9.59 Å². The lowest BCUT2D eigenvalue weighted by Gasteiger charge is -2.15. The van der Waals surface area contributed by atoms with Gasteiger partial charge in [-0.3, -0.25) is 4.79 Å². The van der Waals surface area contributed by atoms with E-state index in [1.54, 1.807) is 19.1 Å². The molecule has 0 aromatic heterocycles. The predicted octanol–water partition coefficient (Wildman–Crippen LogP) is 8.64. The fraction of sp³-hybridized carbons (Fsp3) is 0.475. The summed E-state index contributed by atoms with van der Waals surface area (Å²) in [6.07, 6.45) is 21.5. The van der Waals surface area contributed by atoms with Crippen molar-refractivity contribution in [1.29, 1.82) is 0 Å². The summed E-state index contributed by atoms with van der Waals surface area (Å²) in [5, 5.41) is 12.5. The minimum Gasteiger partial charge on any atom is -0.493 e. The van der Waals surface area contributed by atoms with Crippen LogP contribution in [-0.2, 0) is 24.0 Å². The van der Waals surface area contributed by atoms with Crippen LogP contribution in [-0.4, -0.2) is 55.9 Å². The Morgan fingerprint density at radius 1 is 0.981 bits per heavy atom. The van der Waals surface area contributed by atoms with Crippen molar-refractivity contribution in [2.24, 2.45) is 5.92 Å². The van der Waals surface area contributed by atoms with Crippen LogP contribution in [0.15, 0.2) is 72.8 Å². The Balaban J connectivity index is 0.000000471. The van der Waals surface area contributed by atoms with Crippen molar-refractivity contribution < 1.29 is 43.3 Å². The molecule has 290 valence electrons. The zero-order valence-electron chi connectivity index (χ0n) is 31.0. The molecule has 2 aromatic rings. The highest BCUT2D eigenvalue weighted by Crippen LogP contribution is 2.29. The van der Waals surface area contributed by atoms with Crippen molar-refractivity contribution in [3.63, 3.8) is 0 Å². The van der Waals surface area contributed by atoms with E-state index in [9.17, 15) is 24.5 Å². The van der Waals surface area contributed by atoms with Crippen LogP contribution in [0.25, 0.3) is 6.08 Å². The topological polar surface area (TPSA) is 153 Å². The van der Waals surface area contributed by atoms with Crippen LogP contribution in [0.5, 0.6) is 17.2 Å². The Morgan fingerprint density at radius 3 is 2.47 bits per heavy atom. The van der Waals surface area contributed by atoms with Gasteiger partial charge < -0.3 is 29.1 Å². The molecule has 0 heterocycles. The van der Waals surface area contributed by atoms with Gasteiger partial charge in [0.25, 0.3) is 5.09 Å². The number of ether oxygens (including phenoxy) is 4. The second-order valence-corrected chi connectivity index (χ2v) is 12.7. The molecule has 0 spiro atoms. The molecule has 1 atom stereocenters. The standard InChI is InChI=1S/C25H34N2O9.C15H19ClO/c1-4-5-6-7-8-11-23(28)26-19(2)25(30)36-21-14-12-20(18-22(21)33-3)13-15-24(29)34-16-9-10-17-35-27(31)32;16-14-9-5-10-15(12-14)17-11-4-3-8-13-6-1-2-7-13/h5-6,12-15,18-19H,4,7-11,16-17H2,1-3H3,(H,26,28);3,5,8-10,12-13H,1-2,4,6-7,11H2/b6-5-,15-13+;8-3+. The van der Waals surface area contributed by atoms with Gasteiger partial charge in [-0.15, -0.1) is 10.1 Å². The van der Waals surface area contributed by atoms with Gasteiger partial charge in [0.15, 0.2) is 11.5 Å². The van der Waals surface area contributed by atoms with Crippen LogP contribution in [0, 0.1) is 16.0 Å². The quantitative estimate of drug-likeness (QED) is 0.0235. The minimum absolute atomic E-state index is 0.0564. The number of amides is 1. The third-order valence-corrected chi connectivity index (χ3v) is 8.09. The fourth-order valence-corrected chi connectivity index (χ4v) is 5.26. The van der Waals surface area contributed by atoms with Crippen LogP contribution in [0.1, 0.15) is 90.0 Å². The average molecular weight is 757 g/mol. The molecule has 53 heavy (non-hydrogen) atoms. The van der Waals surface area contributed by atoms with Crippen LogP contribution in [0.2, 0.25) is 5.02 Å². The first-order chi connectivity index (χ1) is 25.6. The van der Waals surface area contributed by atoms with Crippen LogP contribution >= 0.6 is 11.6 Å². The summed E-state index contributed by atoms with van der Waals surface area (Å²) in [6.45, 7) is 4.36. The van der Waals surface area contributed by atoms with E-state index in [4.69, 9.17) is 30.5 Å². The summed E-state index contributed by atoms with van der Waals surface area (Å²) in [7, 11) is 1.41. The lowest BCUT2D eigenvalue weighted by Crippen LogP contribution is -2.40. The number of nitrogens with zero attached hydrogens (tertiary/aromatic N) is 1. The van der Waals surface area contributed by atoms with Gasteiger partial charge in [-0.05, 0) is 106 Å². The van der Waals surface area contributed by atoms with Crippen molar-refractivity contribution >= 4 is 35.5 Å². The second kappa shape index (κ2) is 26.9. The lowest BCUT2D eigenvalue weighted by molar-refractivity contribution is -0.757. The highest BCUT2D eigenvalue weighted by molar-refractivity contribution is 6.30. The van der Waals surface area contributed by atoms with E-state index in [1.807, 2.05) is 43.3 Å². The van der Waals surface area contributed by atoms with E-state index in [-0.39, 0.29) is 30.6 Å². The smallest absolute Gasteiger partial charge is 0.333 e. The van der Waals surface area contributed by atoms with Crippen LogP contribution in [0.4, 0.5) is 0 Å². The molecule has 2 aromatic carbocycles. The highest BCUT2D eigenvalue weighted by Gasteiger charge is 2.19. The summed E-state index contributed by atoms with van der Waals surface area (Å²) in [5.41, 5.74) is 0.599. The Hall–Kier alpha value is -4.84. The van der Waals surface area contributed by atoms with Gasteiger partial charge in [0.2, 0.25) is 5.91 Å². The number of methoxy groups -OCH3 is 1. The molecule has 0 aliphatic heterocycles. The minimum atomic E-state index is -0.872. The zero-order valence-corrected chi connectivity index (χ0v) is 31.7. The molecule has 1 amide bonds. The van der Waals surface area contributed by atoms with Gasteiger partial charge in [-0.2, -0.15) is 0 Å². The molecule has 1 aliphatic rings. The summed E-state index contributed by atoms with van der Waals surface area (Å²) in [6, 6.07) is 11.4. The van der Waals surface area contributed by atoms with E-state index in [0.717, 1.165) is 42.6 Å². The number of halogens is 1. The summed E-state index contributed by atoms with van der Waals surface area (Å²) in [4.78, 5) is 50.5. The molecule has 12 nitrogen and oxygen atoms in total. The fourth-order valence-electron chi connectivity index (χ4n) is 5.07. The maximum Gasteiger partial charge on any atom is 0.333 e. The number of nitrogens with one attached hydrogen (secondary N) is 1. The molecule has 1 N–H and O–H groups in total. The van der Waals surface area contributed by atoms with Crippen LogP contribution in [0.3, 0.4) is 0 Å². The SMILES string of the molecule is CC/C=C\CCCC(=O)NC(C)C(=O)Oc1ccc(/C=C/C(=O)OCCCCO[N+](=O)[O-])cc1OC.Clc1cccc(OCC/C=C/C2CCCC2)c1. The number of carbonyl (C=O) groups is 3. The molecule has 0 bridgehead atoms. The van der Waals surface area contributed by atoms with E-state index >= 15 is 0 Å². The monoisotopic (exact) mass is 756 g/mol.